The number of nitrogens with zero attached hydrogens (tertiary/aromatic N) is 1. The van der Waals surface area contributed by atoms with Gasteiger partial charge in [-0.15, -0.1) is 0 Å². The quantitative estimate of drug-likeness (QED) is 0.679. The van der Waals surface area contributed by atoms with E-state index >= 15 is 0 Å². The highest BCUT2D eigenvalue weighted by Gasteiger charge is 2.28. The van der Waals surface area contributed by atoms with E-state index in [1.54, 1.807) is 25.3 Å². The molecule has 1 saturated heterocycles. The monoisotopic (exact) mass is 334 g/mol. The Balaban J connectivity index is 2.11. The highest BCUT2D eigenvalue weighted by Crippen LogP contribution is 2.31. The van der Waals surface area contributed by atoms with Gasteiger partial charge < -0.3 is 5.32 Å². The van der Waals surface area contributed by atoms with E-state index in [4.69, 9.17) is 12.2 Å². The molecule has 1 atom stereocenters. The number of thioether (sulfide) groups is 1. The number of hydrogen-bond donors (Lipinski definition) is 1. The molecule has 0 saturated carbocycles. The lowest BCUT2D eigenvalue weighted by Gasteiger charge is -2.11. The Morgan fingerprint density at radius 3 is 2.55 bits per heavy atom. The van der Waals surface area contributed by atoms with E-state index in [0.717, 1.165) is 12.0 Å². The molecule has 0 radical (unpaired) electrons. The molecule has 4 nitrogen and oxygen atoms in total. The summed E-state index contributed by atoms with van der Waals surface area (Å²) in [5.41, 5.74) is 1.48. The molecule has 1 N–H and O–H groups in total. The molecule has 2 rings (SSSR count). The molecule has 1 unspecified atom stereocenters. The highest BCUT2D eigenvalue weighted by atomic mass is 32.2. The number of nitrogens with one attached hydrogen (secondary N) is 1. The average Bonchev–Trinajstić information content (AvgIpc) is 2.75. The lowest BCUT2D eigenvalue weighted by atomic mass is 10.1. The summed E-state index contributed by atoms with van der Waals surface area (Å²) in [4.78, 5) is 26.0. The summed E-state index contributed by atoms with van der Waals surface area (Å²) in [6.45, 7) is 4.00. The van der Waals surface area contributed by atoms with Crippen molar-refractivity contribution < 1.29 is 9.59 Å². The number of likely N-dealkylation sites (N-methyl/N-ethyl adjacent to an activating group) is 1. The van der Waals surface area contributed by atoms with E-state index < -0.39 is 0 Å². The lowest BCUT2D eigenvalue weighted by Crippen LogP contribution is -2.31. The van der Waals surface area contributed by atoms with Crippen molar-refractivity contribution in [2.24, 2.45) is 0 Å². The number of amides is 2. The maximum Gasteiger partial charge on any atom is 0.265 e. The van der Waals surface area contributed by atoms with Crippen molar-refractivity contribution in [2.75, 3.05) is 7.05 Å². The molecule has 1 aliphatic rings. The van der Waals surface area contributed by atoms with Crippen molar-refractivity contribution in [3.8, 4) is 0 Å². The molecule has 1 aliphatic heterocycles. The molecular weight excluding hydrogens is 316 g/mol. The van der Waals surface area contributed by atoms with E-state index in [0.29, 0.717) is 14.8 Å². The van der Waals surface area contributed by atoms with Crippen LogP contribution in [0, 0.1) is 0 Å². The van der Waals surface area contributed by atoms with Crippen LogP contribution in [0.1, 0.15) is 36.2 Å². The van der Waals surface area contributed by atoms with Crippen LogP contribution in [-0.4, -0.2) is 34.1 Å². The molecule has 6 heteroatoms. The third-order valence-corrected chi connectivity index (χ3v) is 4.93. The van der Waals surface area contributed by atoms with Gasteiger partial charge in [-0.1, -0.05) is 43.0 Å². The van der Waals surface area contributed by atoms with Gasteiger partial charge in [-0.3, -0.25) is 14.5 Å². The number of carbonyl (C=O) groups excluding carboxylic acids is 2. The first-order valence-electron chi connectivity index (χ1n) is 7.05. The first-order chi connectivity index (χ1) is 10.4. The van der Waals surface area contributed by atoms with Gasteiger partial charge in [0.2, 0.25) is 0 Å². The summed E-state index contributed by atoms with van der Waals surface area (Å²) in [5.74, 6) is -0.172. The first kappa shape index (κ1) is 16.7. The SMILES string of the molecule is CCC(C)NC(=O)c1ccc(/C=C2\SC(=S)N(C)C2=O)cc1. The Labute approximate surface area is 140 Å². The molecule has 116 valence electrons. The van der Waals surface area contributed by atoms with E-state index in [-0.39, 0.29) is 17.9 Å². The molecule has 0 aromatic heterocycles. The van der Waals surface area contributed by atoms with Gasteiger partial charge >= 0.3 is 0 Å². The molecule has 0 spiro atoms. The van der Waals surface area contributed by atoms with Gasteiger partial charge in [-0.05, 0) is 37.1 Å². The van der Waals surface area contributed by atoms with Gasteiger partial charge in [0, 0.05) is 18.7 Å². The van der Waals surface area contributed by atoms with Crippen molar-refractivity contribution in [1.29, 1.82) is 0 Å². The zero-order valence-corrected chi connectivity index (χ0v) is 14.4. The fourth-order valence-electron chi connectivity index (χ4n) is 1.84. The standard InChI is InChI=1S/C16H18N2O2S2/c1-4-10(2)17-14(19)12-7-5-11(6-8-12)9-13-15(20)18(3)16(21)22-13/h5-10H,4H2,1-3H3,(H,17,19)/b13-9-. The number of carbonyl (C=O) groups is 2. The van der Waals surface area contributed by atoms with Crippen LogP contribution in [0.3, 0.4) is 0 Å². The number of benzene rings is 1. The van der Waals surface area contributed by atoms with Crippen molar-refractivity contribution >= 4 is 46.2 Å². The van der Waals surface area contributed by atoms with Gasteiger partial charge in [0.05, 0.1) is 4.91 Å². The smallest absolute Gasteiger partial charge is 0.265 e. The van der Waals surface area contributed by atoms with E-state index in [9.17, 15) is 9.59 Å². The van der Waals surface area contributed by atoms with Crippen molar-refractivity contribution in [2.45, 2.75) is 26.3 Å². The van der Waals surface area contributed by atoms with Crippen LogP contribution in [0.25, 0.3) is 6.08 Å². The zero-order chi connectivity index (χ0) is 16.3. The van der Waals surface area contributed by atoms with Gasteiger partial charge in [-0.25, -0.2) is 0 Å². The molecule has 0 bridgehead atoms. The number of rotatable bonds is 4. The Morgan fingerprint density at radius 1 is 1.41 bits per heavy atom. The third kappa shape index (κ3) is 3.75. The minimum Gasteiger partial charge on any atom is -0.350 e. The number of thiocarbonyl (C=S) groups is 1. The van der Waals surface area contributed by atoms with Crippen LogP contribution in [0.4, 0.5) is 0 Å². The van der Waals surface area contributed by atoms with Crippen LogP contribution >= 0.6 is 24.0 Å². The second-order valence-electron chi connectivity index (χ2n) is 5.15. The van der Waals surface area contributed by atoms with Gasteiger partial charge in [0.15, 0.2) is 0 Å². The van der Waals surface area contributed by atoms with E-state index in [1.807, 2.05) is 26.0 Å². The van der Waals surface area contributed by atoms with Crippen molar-refractivity contribution in [3.63, 3.8) is 0 Å². The first-order valence-corrected chi connectivity index (χ1v) is 8.27. The maximum absolute atomic E-state index is 12.0. The van der Waals surface area contributed by atoms with Crippen LogP contribution in [-0.2, 0) is 4.79 Å². The predicted molar refractivity (Wildman–Crippen MR) is 94.6 cm³/mol. The summed E-state index contributed by atoms with van der Waals surface area (Å²) in [5, 5.41) is 2.92. The fourth-order valence-corrected chi connectivity index (χ4v) is 3.02. The van der Waals surface area contributed by atoms with E-state index in [2.05, 4.69) is 5.32 Å². The minimum atomic E-state index is -0.0893. The summed E-state index contributed by atoms with van der Waals surface area (Å²) in [7, 11) is 1.67. The molecule has 0 aliphatic carbocycles. The van der Waals surface area contributed by atoms with E-state index in [1.165, 1.54) is 16.7 Å². The summed E-state index contributed by atoms with van der Waals surface area (Å²) in [6.07, 6.45) is 2.68. The second kappa shape index (κ2) is 7.07. The van der Waals surface area contributed by atoms with Crippen LogP contribution < -0.4 is 5.32 Å². The summed E-state index contributed by atoms with van der Waals surface area (Å²) >= 11 is 6.38. The maximum atomic E-state index is 12.0. The normalized spacial score (nSPS) is 18.0. The molecule has 1 heterocycles. The Kier molecular flexibility index (Phi) is 5.37. The predicted octanol–water partition coefficient (Wildman–Crippen LogP) is 3.05. The molecular formula is C16H18N2O2S2. The van der Waals surface area contributed by atoms with Gasteiger partial charge in [0.1, 0.15) is 4.32 Å². The fraction of sp³-hybridized carbons (Fsp3) is 0.312. The van der Waals surface area contributed by atoms with Crippen LogP contribution in [0.5, 0.6) is 0 Å². The highest BCUT2D eigenvalue weighted by molar-refractivity contribution is 8.26. The molecule has 2 amide bonds. The molecule has 22 heavy (non-hydrogen) atoms. The third-order valence-electron chi connectivity index (χ3n) is 3.45. The Morgan fingerprint density at radius 2 is 2.05 bits per heavy atom. The molecule has 1 fully saturated rings. The number of hydrogen-bond acceptors (Lipinski definition) is 4. The summed E-state index contributed by atoms with van der Waals surface area (Å²) < 4.78 is 0.556. The second-order valence-corrected chi connectivity index (χ2v) is 6.82. The Hall–Kier alpha value is -1.66. The van der Waals surface area contributed by atoms with Crippen molar-refractivity contribution in [1.82, 2.24) is 10.2 Å². The minimum absolute atomic E-state index is 0.0826. The van der Waals surface area contributed by atoms with Crippen molar-refractivity contribution in [3.05, 3.63) is 40.3 Å². The summed E-state index contributed by atoms with van der Waals surface area (Å²) in [6, 6.07) is 7.33. The van der Waals surface area contributed by atoms with Gasteiger partial charge in [-0.2, -0.15) is 0 Å². The van der Waals surface area contributed by atoms with Crippen LogP contribution in [0.2, 0.25) is 0 Å². The van der Waals surface area contributed by atoms with Crippen LogP contribution in [0.15, 0.2) is 29.2 Å². The lowest BCUT2D eigenvalue weighted by molar-refractivity contribution is -0.121. The molecule has 1 aromatic carbocycles. The largest absolute Gasteiger partial charge is 0.350 e. The average molecular weight is 334 g/mol. The molecule has 1 aromatic rings. The zero-order valence-electron chi connectivity index (χ0n) is 12.8. The topological polar surface area (TPSA) is 49.4 Å². The Bertz CT molecular complexity index is 638. The van der Waals surface area contributed by atoms with Gasteiger partial charge in [0.25, 0.3) is 11.8 Å².